The standard InChI is InChI=1S/C40H62N6O3.5H2/c1-9-32(21-17-14-18-22-46-35(12-4)24-36(30(7)8)40(46)49)42-28-38(47)43-27-34(11-3)45-37(23-31-19-15-13-16-20-31)39(48)44-26-33(10-2)41-25-29(5)6;;;;;/h9-11,13,15-16,19-20,29-30,36-37,41-42,45H,4,14,17-18,21-28H2,1-3,5-8H3,(H,43,47)(H,44,48);5*1H/b32-9-,33-10-,34-11-;;;;;/t36?,37-;;;;;/m0...../s1. The zero-order valence-electron chi connectivity index (χ0n) is 31.1. The Bertz CT molecular complexity index is 1360. The maximum atomic E-state index is 13.4. The summed E-state index contributed by atoms with van der Waals surface area (Å²) < 4.78 is 0. The van der Waals surface area contributed by atoms with Gasteiger partial charge in [-0.1, -0.05) is 89.3 Å². The Kier molecular flexibility index (Phi) is 18.7. The van der Waals surface area contributed by atoms with Gasteiger partial charge in [-0.3, -0.25) is 14.4 Å². The molecule has 1 aromatic carbocycles. The van der Waals surface area contributed by atoms with Crippen molar-refractivity contribution >= 4 is 17.7 Å². The molecule has 9 nitrogen and oxygen atoms in total. The molecule has 2 rings (SSSR count). The first-order valence-corrected chi connectivity index (χ1v) is 18.0. The molecule has 3 amide bonds. The van der Waals surface area contributed by atoms with E-state index in [0.717, 1.165) is 67.0 Å². The number of nitrogens with one attached hydrogen (secondary N) is 5. The largest absolute Gasteiger partial charge is 0.387 e. The second kappa shape index (κ2) is 22.4. The zero-order valence-corrected chi connectivity index (χ0v) is 31.1. The second-order valence-electron chi connectivity index (χ2n) is 13.4. The van der Waals surface area contributed by atoms with Crippen LogP contribution in [-0.4, -0.2) is 61.4 Å². The fraction of sp³-hybridized carbons (Fsp3) is 0.550. The van der Waals surface area contributed by atoms with Gasteiger partial charge in [0.05, 0.1) is 25.3 Å². The Hall–Kier alpha value is -4.23. The van der Waals surface area contributed by atoms with E-state index in [2.05, 4.69) is 66.6 Å². The molecule has 1 aliphatic heterocycles. The van der Waals surface area contributed by atoms with Gasteiger partial charge in [0.1, 0.15) is 6.04 Å². The van der Waals surface area contributed by atoms with E-state index in [-0.39, 0.29) is 43.9 Å². The number of rotatable bonds is 22. The first kappa shape index (κ1) is 40.9. The summed E-state index contributed by atoms with van der Waals surface area (Å²) in [5.74, 6) is 0.796. The van der Waals surface area contributed by atoms with E-state index in [1.807, 2.05) is 74.2 Å². The number of nitrogens with zero attached hydrogens (tertiary/aromatic N) is 1. The van der Waals surface area contributed by atoms with Gasteiger partial charge in [-0.15, -0.1) is 5.73 Å². The van der Waals surface area contributed by atoms with Crippen LogP contribution in [0.4, 0.5) is 0 Å². The predicted molar refractivity (Wildman–Crippen MR) is 212 cm³/mol. The number of allylic oxidation sites excluding steroid dienone is 5. The first-order valence-electron chi connectivity index (χ1n) is 18.0. The third-order valence-electron chi connectivity index (χ3n) is 8.81. The third kappa shape index (κ3) is 14.8. The summed E-state index contributed by atoms with van der Waals surface area (Å²) in [5.41, 5.74) is 7.70. The highest BCUT2D eigenvalue weighted by atomic mass is 16.2. The van der Waals surface area contributed by atoms with Crippen molar-refractivity contribution < 1.29 is 21.5 Å². The predicted octanol–water partition coefficient (Wildman–Crippen LogP) is 6.93. The number of amides is 3. The number of carbonyl (C=O) groups is 3. The maximum absolute atomic E-state index is 13.4. The van der Waals surface area contributed by atoms with Crippen LogP contribution in [0.1, 0.15) is 93.3 Å². The smallest absolute Gasteiger partial charge is 0.243 e. The van der Waals surface area contributed by atoms with Crippen LogP contribution in [0.5, 0.6) is 0 Å². The minimum atomic E-state index is -0.513. The van der Waals surface area contributed by atoms with Gasteiger partial charge in [0.15, 0.2) is 0 Å². The number of carbonyl (C=O) groups excluding carboxylic acids is 3. The molecule has 1 heterocycles. The molecule has 280 valence electrons. The molecular weight excluding hydrogens is 612 g/mol. The molecule has 0 spiro atoms. The Balaban J connectivity index is -0.00000250. The molecular formula is C40H72N6O3. The van der Waals surface area contributed by atoms with Crippen molar-refractivity contribution in [1.29, 1.82) is 0 Å². The Morgan fingerprint density at radius 1 is 0.898 bits per heavy atom. The molecule has 0 bridgehead atoms. The van der Waals surface area contributed by atoms with Crippen LogP contribution in [-0.2, 0) is 20.8 Å². The zero-order chi connectivity index (χ0) is 36.2. The van der Waals surface area contributed by atoms with Crippen LogP contribution in [0, 0.1) is 17.8 Å². The lowest BCUT2D eigenvalue weighted by Gasteiger charge is -2.23. The average molecular weight is 685 g/mol. The molecule has 0 saturated carbocycles. The van der Waals surface area contributed by atoms with E-state index >= 15 is 0 Å². The summed E-state index contributed by atoms with van der Waals surface area (Å²) in [4.78, 5) is 40.9. The number of unbranched alkanes of at least 4 members (excludes halogenated alkanes) is 2. The van der Waals surface area contributed by atoms with Crippen LogP contribution < -0.4 is 26.6 Å². The van der Waals surface area contributed by atoms with E-state index in [9.17, 15) is 14.4 Å². The summed E-state index contributed by atoms with van der Waals surface area (Å²) >= 11 is 0. The van der Waals surface area contributed by atoms with E-state index in [4.69, 9.17) is 0 Å². The van der Waals surface area contributed by atoms with Gasteiger partial charge in [0.2, 0.25) is 17.7 Å². The molecule has 49 heavy (non-hydrogen) atoms. The van der Waals surface area contributed by atoms with E-state index in [1.54, 1.807) is 0 Å². The molecule has 1 unspecified atom stereocenters. The summed E-state index contributed by atoms with van der Waals surface area (Å²) in [6.45, 7) is 20.5. The van der Waals surface area contributed by atoms with Gasteiger partial charge >= 0.3 is 0 Å². The Morgan fingerprint density at radius 2 is 1.57 bits per heavy atom. The van der Waals surface area contributed by atoms with Crippen LogP contribution in [0.3, 0.4) is 0 Å². The lowest BCUT2D eigenvalue weighted by atomic mass is 9.94. The summed E-state index contributed by atoms with van der Waals surface area (Å²) in [5, 5.41) is 16.1. The maximum Gasteiger partial charge on any atom is 0.243 e. The minimum Gasteiger partial charge on any atom is -0.387 e. The van der Waals surface area contributed by atoms with Gasteiger partial charge in [0, 0.05) is 56.1 Å². The van der Waals surface area contributed by atoms with Crippen LogP contribution in [0.2, 0.25) is 0 Å². The summed E-state index contributed by atoms with van der Waals surface area (Å²) in [6.07, 6.45) is 10.8. The normalized spacial score (nSPS) is 16.1. The van der Waals surface area contributed by atoms with Crippen molar-refractivity contribution in [2.24, 2.45) is 17.8 Å². The van der Waals surface area contributed by atoms with Crippen molar-refractivity contribution in [3.8, 4) is 0 Å². The van der Waals surface area contributed by atoms with E-state index in [1.165, 1.54) is 0 Å². The molecule has 0 aliphatic carbocycles. The monoisotopic (exact) mass is 685 g/mol. The lowest BCUT2D eigenvalue weighted by molar-refractivity contribution is -0.131. The minimum absolute atomic E-state index is 0. The topological polar surface area (TPSA) is 115 Å². The van der Waals surface area contributed by atoms with Gasteiger partial charge in [0.25, 0.3) is 0 Å². The first-order chi connectivity index (χ1) is 23.5. The number of hydrogen-bond acceptors (Lipinski definition) is 6. The van der Waals surface area contributed by atoms with Crippen LogP contribution in [0.15, 0.2) is 83.7 Å². The average Bonchev–Trinajstić information content (AvgIpc) is 3.42. The van der Waals surface area contributed by atoms with Crippen molar-refractivity contribution in [3.63, 3.8) is 0 Å². The van der Waals surface area contributed by atoms with Crippen molar-refractivity contribution in [2.45, 2.75) is 93.0 Å². The van der Waals surface area contributed by atoms with E-state index in [0.29, 0.717) is 31.3 Å². The number of likely N-dealkylation sites (tertiary alicyclic amines) is 1. The molecule has 9 heteroatoms. The molecule has 5 N–H and O–H groups in total. The molecule has 1 saturated heterocycles. The van der Waals surface area contributed by atoms with Gasteiger partial charge in [-0.25, -0.2) is 0 Å². The Labute approximate surface area is 303 Å². The highest BCUT2D eigenvalue weighted by Gasteiger charge is 2.36. The summed E-state index contributed by atoms with van der Waals surface area (Å²) in [6, 6.07) is 9.41. The van der Waals surface area contributed by atoms with Gasteiger partial charge in [-0.2, -0.15) is 0 Å². The fourth-order valence-corrected chi connectivity index (χ4v) is 5.65. The molecule has 1 aromatic rings. The lowest BCUT2D eigenvalue weighted by Crippen LogP contribution is -2.48. The van der Waals surface area contributed by atoms with Crippen molar-refractivity contribution in [3.05, 3.63) is 89.2 Å². The number of hydrogen-bond donors (Lipinski definition) is 5. The fourth-order valence-electron chi connectivity index (χ4n) is 5.65. The molecule has 1 fully saturated rings. The quantitative estimate of drug-likeness (QED) is 0.0669. The van der Waals surface area contributed by atoms with E-state index < -0.39 is 6.04 Å². The Morgan fingerprint density at radius 3 is 2.18 bits per heavy atom. The summed E-state index contributed by atoms with van der Waals surface area (Å²) in [7, 11) is 0. The SMILES string of the molecule is C=C=C1CC(C(C)C)C(=O)N1CCCCC/C(=C/C)NCC(=O)NC/C(=C/C)N[C@@H](Cc1ccccc1)C(=O)NC/C(=C/C)NCC(C)C.[HH].[HH].[HH].[HH].[HH]. The number of benzene rings is 1. The van der Waals surface area contributed by atoms with Crippen LogP contribution in [0.25, 0.3) is 0 Å². The molecule has 1 aliphatic rings. The van der Waals surface area contributed by atoms with Crippen molar-refractivity contribution in [2.75, 3.05) is 32.7 Å². The molecule has 0 radical (unpaired) electrons. The highest BCUT2D eigenvalue weighted by molar-refractivity contribution is 5.84. The molecule has 2 atom stereocenters. The highest BCUT2D eigenvalue weighted by Crippen LogP contribution is 2.32. The third-order valence-corrected chi connectivity index (χ3v) is 8.81. The van der Waals surface area contributed by atoms with Gasteiger partial charge < -0.3 is 31.5 Å². The van der Waals surface area contributed by atoms with Crippen molar-refractivity contribution in [1.82, 2.24) is 31.5 Å². The van der Waals surface area contributed by atoms with Gasteiger partial charge in [-0.05, 0) is 57.4 Å². The molecule has 0 aromatic heterocycles. The van der Waals surface area contributed by atoms with Crippen LogP contribution >= 0.6 is 0 Å². The second-order valence-corrected chi connectivity index (χ2v) is 13.4.